The highest BCUT2D eigenvalue weighted by Gasteiger charge is 2.53. The first kappa shape index (κ1) is 15.3. The Bertz CT molecular complexity index is 445. The Labute approximate surface area is 127 Å². The van der Waals surface area contributed by atoms with E-state index >= 15 is 0 Å². The Hall–Kier alpha value is -0.100. The molecular weight excluding hydrogens is 326 g/mol. The summed E-state index contributed by atoms with van der Waals surface area (Å²) in [5.74, 6) is 0.964. The van der Waals surface area contributed by atoms with Crippen LogP contribution in [0.1, 0.15) is 26.5 Å². The van der Waals surface area contributed by atoms with E-state index < -0.39 is 0 Å². The van der Waals surface area contributed by atoms with E-state index in [2.05, 4.69) is 41.7 Å². The van der Waals surface area contributed by atoms with Gasteiger partial charge in [0.25, 0.3) is 0 Å². The zero-order chi connectivity index (χ0) is 14.1. The molecule has 3 nitrogen and oxygen atoms in total. The van der Waals surface area contributed by atoms with Crippen LogP contribution in [-0.4, -0.2) is 35.3 Å². The lowest BCUT2D eigenvalue weighted by Crippen LogP contribution is -2.59. The summed E-state index contributed by atoms with van der Waals surface area (Å²) >= 11 is 4.79. The molecule has 19 heavy (non-hydrogen) atoms. The number of ether oxygens (including phenoxy) is 2. The zero-order valence-corrected chi connectivity index (χ0v) is 14.3. The first-order chi connectivity index (χ1) is 8.87. The van der Waals surface area contributed by atoms with Gasteiger partial charge in [-0.1, -0.05) is 6.07 Å². The average molecular weight is 347 g/mol. The highest BCUT2D eigenvalue weighted by molar-refractivity contribution is 9.10. The van der Waals surface area contributed by atoms with E-state index in [0.717, 1.165) is 16.0 Å². The predicted molar refractivity (Wildman–Crippen MR) is 83.7 cm³/mol. The van der Waals surface area contributed by atoms with Crippen LogP contribution in [-0.2, 0) is 26.8 Å². The maximum absolute atomic E-state index is 5.78. The van der Waals surface area contributed by atoms with Crippen molar-refractivity contribution in [3.63, 3.8) is 0 Å². The second-order valence-electron chi connectivity index (χ2n) is 5.75. The van der Waals surface area contributed by atoms with Crippen LogP contribution in [0.15, 0.2) is 22.8 Å². The van der Waals surface area contributed by atoms with Crippen LogP contribution in [0.5, 0.6) is 0 Å². The topological polar surface area (TPSA) is 31.4 Å². The highest BCUT2D eigenvalue weighted by atomic mass is 79.9. The summed E-state index contributed by atoms with van der Waals surface area (Å²) in [5.41, 5.74) is 0.562. The summed E-state index contributed by atoms with van der Waals surface area (Å²) in [6, 6.07) is 5.93. The van der Waals surface area contributed by atoms with E-state index in [1.807, 2.05) is 18.2 Å². The predicted octanol–water partition coefficient (Wildman–Crippen LogP) is 2.70. The molecule has 0 amide bonds. The summed E-state index contributed by atoms with van der Waals surface area (Å²) in [7, 11) is 1.74. The van der Waals surface area contributed by atoms with Gasteiger partial charge in [-0.25, -0.2) is 4.98 Å². The van der Waals surface area contributed by atoms with E-state index in [1.54, 1.807) is 7.11 Å². The molecule has 0 radical (unpaired) electrons. The number of hydrogen-bond acceptors (Lipinski definition) is 3. The zero-order valence-electron chi connectivity index (χ0n) is 11.8. The van der Waals surface area contributed by atoms with Crippen molar-refractivity contribution in [2.45, 2.75) is 37.2 Å². The van der Waals surface area contributed by atoms with Gasteiger partial charge in [0.1, 0.15) is 21.2 Å². The van der Waals surface area contributed by atoms with Crippen molar-refractivity contribution in [2.24, 2.45) is 0 Å². The van der Waals surface area contributed by atoms with Gasteiger partial charge < -0.3 is 9.47 Å². The smallest absolute Gasteiger partial charge is 0.163 e. The average Bonchev–Trinajstić information content (AvgIpc) is 2.27. The van der Waals surface area contributed by atoms with Crippen molar-refractivity contribution in [1.82, 2.24) is 4.98 Å². The maximum atomic E-state index is 5.78. The Morgan fingerprint density at radius 3 is 2.74 bits per heavy atom. The van der Waals surface area contributed by atoms with Gasteiger partial charge in [0.15, 0.2) is 5.60 Å². The first-order valence-corrected chi connectivity index (χ1v) is 8.23. The lowest BCUT2D eigenvalue weighted by molar-refractivity contribution is -0.251. The van der Waals surface area contributed by atoms with Crippen molar-refractivity contribution in [1.29, 1.82) is 0 Å². The molecular formula is C14H21BrNO2S+. The molecule has 1 aliphatic heterocycles. The van der Waals surface area contributed by atoms with Gasteiger partial charge in [0, 0.05) is 7.11 Å². The standard InChI is InChI=1S/C14H20BrNO2S/c1-13(2,3)19-8-11-14(17-4,9-18-11)10-6-5-7-12(15)16-10/h5-7,11H,8-9H2,1-4H3/p+1. The van der Waals surface area contributed by atoms with E-state index in [-0.39, 0.29) is 16.5 Å². The summed E-state index contributed by atoms with van der Waals surface area (Å²) < 4.78 is 12.6. The Balaban J connectivity index is 2.15. The Morgan fingerprint density at radius 2 is 2.26 bits per heavy atom. The number of thiol groups is 1. The molecule has 1 fully saturated rings. The molecule has 0 N–H and O–H groups in total. The first-order valence-electron chi connectivity index (χ1n) is 6.36. The number of pyridine rings is 1. The van der Waals surface area contributed by atoms with E-state index in [0.29, 0.717) is 6.61 Å². The van der Waals surface area contributed by atoms with Crippen LogP contribution in [0.3, 0.4) is 0 Å². The van der Waals surface area contributed by atoms with E-state index in [9.17, 15) is 0 Å². The van der Waals surface area contributed by atoms with Crippen molar-refractivity contribution in [2.75, 3.05) is 19.5 Å². The molecule has 106 valence electrons. The van der Waals surface area contributed by atoms with E-state index in [4.69, 9.17) is 9.47 Å². The van der Waals surface area contributed by atoms with E-state index in [1.165, 1.54) is 11.8 Å². The van der Waals surface area contributed by atoms with Crippen molar-refractivity contribution < 1.29 is 9.47 Å². The van der Waals surface area contributed by atoms with Crippen LogP contribution >= 0.6 is 15.9 Å². The Kier molecular flexibility index (Phi) is 4.60. The molecule has 2 rings (SSSR count). The SMILES string of the molecule is COC1(c2cccc(Br)n2)COC1C[SH+]C(C)(C)C. The number of methoxy groups -OCH3 is 1. The van der Waals surface area contributed by atoms with Crippen molar-refractivity contribution >= 4 is 27.7 Å². The lowest BCUT2D eigenvalue weighted by Gasteiger charge is -2.46. The van der Waals surface area contributed by atoms with Crippen LogP contribution < -0.4 is 0 Å². The number of aromatic nitrogens is 1. The van der Waals surface area contributed by atoms with Gasteiger partial charge in [0.2, 0.25) is 0 Å². The van der Waals surface area contributed by atoms with Gasteiger partial charge in [0.05, 0.1) is 12.3 Å². The van der Waals surface area contributed by atoms with Crippen LogP contribution in [0, 0.1) is 0 Å². The Morgan fingerprint density at radius 1 is 1.53 bits per heavy atom. The third-order valence-corrected chi connectivity index (χ3v) is 5.17. The van der Waals surface area contributed by atoms with Gasteiger partial charge in [-0.05, 0) is 60.6 Å². The fourth-order valence-corrected chi connectivity index (χ4v) is 3.54. The summed E-state index contributed by atoms with van der Waals surface area (Å²) in [6.07, 6.45) is 0.0835. The second kappa shape index (κ2) is 5.72. The third kappa shape index (κ3) is 3.32. The number of halogens is 1. The number of rotatable bonds is 4. The molecule has 1 aromatic rings. The highest BCUT2D eigenvalue weighted by Crippen LogP contribution is 2.39. The molecule has 1 saturated heterocycles. The molecule has 0 spiro atoms. The monoisotopic (exact) mass is 346 g/mol. The summed E-state index contributed by atoms with van der Waals surface area (Å²) in [4.78, 5) is 4.54. The van der Waals surface area contributed by atoms with Gasteiger partial charge in [-0.2, -0.15) is 0 Å². The molecule has 0 aromatic carbocycles. The molecule has 0 saturated carbocycles. The minimum absolute atomic E-state index is 0.0835. The van der Waals surface area contributed by atoms with Crippen molar-refractivity contribution in [3.05, 3.63) is 28.5 Å². The fourth-order valence-electron chi connectivity index (χ4n) is 2.09. The molecule has 1 aromatic heterocycles. The molecule has 1 aliphatic rings. The third-order valence-electron chi connectivity index (χ3n) is 3.26. The van der Waals surface area contributed by atoms with Crippen LogP contribution in [0.25, 0.3) is 0 Å². The normalized spacial score (nSPS) is 27.1. The molecule has 0 bridgehead atoms. The minimum atomic E-state index is -0.387. The summed E-state index contributed by atoms with van der Waals surface area (Å²) in [5, 5.41) is 0. The van der Waals surface area contributed by atoms with Crippen LogP contribution in [0.4, 0.5) is 0 Å². The van der Waals surface area contributed by atoms with Gasteiger partial charge in [-0.3, -0.25) is 0 Å². The number of hydrogen-bond donors (Lipinski definition) is 0. The molecule has 0 aliphatic carbocycles. The van der Waals surface area contributed by atoms with Gasteiger partial charge >= 0.3 is 0 Å². The minimum Gasteiger partial charge on any atom is -0.367 e. The molecule has 2 heterocycles. The largest absolute Gasteiger partial charge is 0.367 e. The molecule has 5 heteroatoms. The van der Waals surface area contributed by atoms with Crippen LogP contribution in [0.2, 0.25) is 0 Å². The quantitative estimate of drug-likeness (QED) is 0.477. The maximum Gasteiger partial charge on any atom is 0.163 e. The van der Waals surface area contributed by atoms with Gasteiger partial charge in [-0.15, -0.1) is 0 Å². The number of nitrogens with zero attached hydrogens (tertiary/aromatic N) is 1. The molecule has 2 atom stereocenters. The summed E-state index contributed by atoms with van der Waals surface area (Å²) in [6.45, 7) is 7.29. The lowest BCUT2D eigenvalue weighted by atomic mass is 9.88. The fraction of sp³-hybridized carbons (Fsp3) is 0.643. The molecule has 2 unspecified atom stereocenters. The van der Waals surface area contributed by atoms with Crippen molar-refractivity contribution in [3.8, 4) is 0 Å². The second-order valence-corrected chi connectivity index (χ2v) is 8.59.